The van der Waals surface area contributed by atoms with Gasteiger partial charge in [0.2, 0.25) is 0 Å². The molecule has 154 valence electrons. The Morgan fingerprint density at radius 2 is 2.07 bits per heavy atom. The van der Waals surface area contributed by atoms with Gasteiger partial charge in [-0.1, -0.05) is 29.3 Å². The maximum Gasteiger partial charge on any atom is 0.194 e. The van der Waals surface area contributed by atoms with Crippen molar-refractivity contribution in [1.29, 1.82) is 0 Å². The van der Waals surface area contributed by atoms with Crippen LogP contribution in [0.15, 0.2) is 23.2 Å². The third kappa shape index (κ3) is 6.27. The van der Waals surface area contributed by atoms with E-state index in [0.717, 1.165) is 0 Å². The molecule has 10 heteroatoms. The van der Waals surface area contributed by atoms with Gasteiger partial charge < -0.3 is 15.0 Å². The highest BCUT2D eigenvalue weighted by atomic mass is 127. The minimum atomic E-state index is -3.09. The molecule has 0 unspecified atom stereocenters. The summed E-state index contributed by atoms with van der Waals surface area (Å²) in [7, 11) is -3.09. The van der Waals surface area contributed by atoms with Crippen molar-refractivity contribution in [3.8, 4) is 5.75 Å². The van der Waals surface area contributed by atoms with Crippen LogP contribution in [0.2, 0.25) is 10.0 Å². The molecule has 1 saturated heterocycles. The Labute approximate surface area is 188 Å². The first-order chi connectivity index (χ1) is 12.2. The fraction of sp³-hybridized carbons (Fsp3) is 0.588. The van der Waals surface area contributed by atoms with Crippen molar-refractivity contribution in [3.05, 3.63) is 28.2 Å². The summed E-state index contributed by atoms with van der Waals surface area (Å²) in [6.07, 6.45) is 0. The summed E-state index contributed by atoms with van der Waals surface area (Å²) in [5, 5.41) is 4.04. The number of guanidine groups is 1. The van der Waals surface area contributed by atoms with Crippen LogP contribution in [-0.4, -0.2) is 62.6 Å². The van der Waals surface area contributed by atoms with Crippen LogP contribution < -0.4 is 10.1 Å². The van der Waals surface area contributed by atoms with Crippen LogP contribution in [0.1, 0.15) is 20.8 Å². The summed E-state index contributed by atoms with van der Waals surface area (Å²) in [6.45, 7) is 7.76. The Balaban J connectivity index is 0.00000364. The molecule has 0 radical (unpaired) electrons. The first kappa shape index (κ1) is 24.6. The molecule has 1 heterocycles. The molecule has 1 N–H and O–H groups in total. The highest BCUT2D eigenvalue weighted by molar-refractivity contribution is 14.0. The van der Waals surface area contributed by atoms with Crippen LogP contribution in [0.3, 0.4) is 0 Å². The van der Waals surface area contributed by atoms with Crippen molar-refractivity contribution in [1.82, 2.24) is 10.2 Å². The maximum absolute atomic E-state index is 12.2. The molecule has 1 aliphatic heterocycles. The molecule has 1 fully saturated rings. The van der Waals surface area contributed by atoms with Crippen molar-refractivity contribution < 1.29 is 13.2 Å². The summed E-state index contributed by atoms with van der Waals surface area (Å²) in [5.41, 5.74) is 0. The lowest BCUT2D eigenvalue weighted by Crippen LogP contribution is -2.57. The molecular formula is C17H26Cl2IN3O3S. The summed E-state index contributed by atoms with van der Waals surface area (Å²) < 4.78 is 29.2. The molecule has 27 heavy (non-hydrogen) atoms. The van der Waals surface area contributed by atoms with E-state index in [2.05, 4.69) is 10.3 Å². The van der Waals surface area contributed by atoms with Gasteiger partial charge in [-0.25, -0.2) is 13.4 Å². The lowest BCUT2D eigenvalue weighted by Gasteiger charge is -2.39. The molecule has 0 aliphatic carbocycles. The highest BCUT2D eigenvalue weighted by Crippen LogP contribution is 2.31. The van der Waals surface area contributed by atoms with Crippen LogP contribution in [0, 0.1) is 0 Å². The van der Waals surface area contributed by atoms with Gasteiger partial charge in [0.25, 0.3) is 0 Å². The fourth-order valence-electron chi connectivity index (χ4n) is 2.65. The molecule has 0 spiro atoms. The Hall–Kier alpha value is -0.450. The fourth-order valence-corrected chi connectivity index (χ4v) is 4.37. The van der Waals surface area contributed by atoms with Crippen molar-refractivity contribution in [3.63, 3.8) is 0 Å². The Morgan fingerprint density at radius 1 is 1.37 bits per heavy atom. The monoisotopic (exact) mass is 549 g/mol. The lowest BCUT2D eigenvalue weighted by molar-refractivity contribution is 0.324. The average Bonchev–Trinajstić information content (AvgIpc) is 2.57. The van der Waals surface area contributed by atoms with Crippen LogP contribution in [0.4, 0.5) is 0 Å². The van der Waals surface area contributed by atoms with E-state index in [4.69, 9.17) is 27.9 Å². The normalized spacial score (nSPS) is 18.6. The number of benzene rings is 1. The summed E-state index contributed by atoms with van der Waals surface area (Å²) in [6, 6.07) is 5.22. The number of hydrogen-bond acceptors (Lipinski definition) is 4. The Morgan fingerprint density at radius 3 is 2.70 bits per heavy atom. The number of sulfone groups is 1. The number of ether oxygens (including phenoxy) is 1. The standard InChI is InChI=1S/C17H25Cl2N3O3S.HI/c1-4-20-16(22-9-11-26(23,24)17(2,3)12-22)21-8-10-25-14-7-5-6-13(18)15(14)19;/h5-7H,4,8-12H2,1-3H3,(H,20,21);1H. The lowest BCUT2D eigenvalue weighted by atomic mass is 10.2. The van der Waals surface area contributed by atoms with Gasteiger partial charge in [-0.2, -0.15) is 0 Å². The van der Waals surface area contributed by atoms with E-state index in [9.17, 15) is 8.42 Å². The molecule has 1 aromatic rings. The van der Waals surface area contributed by atoms with Crippen molar-refractivity contribution in [2.24, 2.45) is 4.99 Å². The Kier molecular flexibility index (Phi) is 9.44. The van der Waals surface area contributed by atoms with E-state index < -0.39 is 14.6 Å². The summed E-state index contributed by atoms with van der Waals surface area (Å²) in [4.78, 5) is 6.54. The molecule has 0 atom stereocenters. The van der Waals surface area contributed by atoms with Crippen LogP contribution in [-0.2, 0) is 9.84 Å². The van der Waals surface area contributed by atoms with Crippen molar-refractivity contribution in [2.75, 3.05) is 38.5 Å². The molecule has 1 aromatic carbocycles. The van der Waals surface area contributed by atoms with E-state index in [1.165, 1.54) is 0 Å². The third-order valence-electron chi connectivity index (χ3n) is 4.20. The van der Waals surface area contributed by atoms with Crippen LogP contribution in [0.5, 0.6) is 5.75 Å². The second-order valence-corrected chi connectivity index (χ2v) is 10.2. The van der Waals surface area contributed by atoms with Gasteiger partial charge in [-0.05, 0) is 32.9 Å². The van der Waals surface area contributed by atoms with Crippen LogP contribution >= 0.6 is 47.2 Å². The molecule has 6 nitrogen and oxygen atoms in total. The maximum atomic E-state index is 12.2. The minimum Gasteiger partial charge on any atom is -0.490 e. The summed E-state index contributed by atoms with van der Waals surface area (Å²) in [5.74, 6) is 1.33. The number of nitrogens with zero attached hydrogens (tertiary/aromatic N) is 2. The molecule has 2 rings (SSSR count). The zero-order chi connectivity index (χ0) is 19.4. The number of halogens is 3. The predicted octanol–water partition coefficient (Wildman–Crippen LogP) is 3.46. The van der Waals surface area contributed by atoms with E-state index in [1.807, 2.05) is 11.8 Å². The molecule has 1 aliphatic rings. The van der Waals surface area contributed by atoms with Gasteiger partial charge in [0.1, 0.15) is 17.4 Å². The number of hydrogen-bond donors (Lipinski definition) is 1. The number of nitrogens with one attached hydrogen (secondary N) is 1. The van der Waals surface area contributed by atoms with Gasteiger partial charge in [0.15, 0.2) is 15.8 Å². The first-order valence-corrected chi connectivity index (χ1v) is 10.9. The van der Waals surface area contributed by atoms with Gasteiger partial charge in [0, 0.05) is 19.6 Å². The van der Waals surface area contributed by atoms with Gasteiger partial charge in [0.05, 0.1) is 22.1 Å². The topological polar surface area (TPSA) is 71.0 Å². The molecule has 0 bridgehead atoms. The molecular weight excluding hydrogens is 524 g/mol. The third-order valence-corrected chi connectivity index (χ3v) is 7.54. The zero-order valence-corrected chi connectivity index (χ0v) is 20.3. The van der Waals surface area contributed by atoms with Gasteiger partial charge in [-0.3, -0.25) is 0 Å². The van der Waals surface area contributed by atoms with Crippen molar-refractivity contribution >= 4 is 63.0 Å². The van der Waals surface area contributed by atoms with Crippen LogP contribution in [0.25, 0.3) is 0 Å². The highest BCUT2D eigenvalue weighted by Gasteiger charge is 2.40. The summed E-state index contributed by atoms with van der Waals surface area (Å²) >= 11 is 12.1. The van der Waals surface area contributed by atoms with E-state index in [-0.39, 0.29) is 29.7 Å². The smallest absolute Gasteiger partial charge is 0.194 e. The van der Waals surface area contributed by atoms with Crippen molar-refractivity contribution in [2.45, 2.75) is 25.5 Å². The van der Waals surface area contributed by atoms with Gasteiger partial charge >= 0.3 is 0 Å². The average molecular weight is 550 g/mol. The molecule has 0 saturated carbocycles. The van der Waals surface area contributed by atoms with Gasteiger partial charge in [-0.15, -0.1) is 24.0 Å². The molecule has 0 amide bonds. The first-order valence-electron chi connectivity index (χ1n) is 8.50. The van der Waals surface area contributed by atoms with E-state index in [0.29, 0.717) is 54.5 Å². The second-order valence-electron chi connectivity index (χ2n) is 6.64. The van der Waals surface area contributed by atoms with E-state index in [1.54, 1.807) is 32.0 Å². The number of aliphatic imine (C=N–C) groups is 1. The van der Waals surface area contributed by atoms with E-state index >= 15 is 0 Å². The largest absolute Gasteiger partial charge is 0.490 e. The quantitative estimate of drug-likeness (QED) is 0.263. The zero-order valence-electron chi connectivity index (χ0n) is 15.7. The SMILES string of the molecule is CCNC(=NCCOc1cccc(Cl)c1Cl)N1CCS(=O)(=O)C(C)(C)C1.I. The predicted molar refractivity (Wildman–Crippen MR) is 123 cm³/mol. The second kappa shape index (κ2) is 10.4. The number of rotatable bonds is 5. The minimum absolute atomic E-state index is 0. The molecule has 0 aromatic heterocycles. The Bertz CT molecular complexity index is 773.